The molecular weight excluding hydrogens is 299 g/mol. The van der Waals surface area contributed by atoms with E-state index in [1.54, 1.807) is 11.8 Å². The standard InChI is InChI=1S/C11H12F3NO2S2/c12-8-3-9(13)11(10(14)4-8)19(16,17)15-2-1-7-5-18-6-7/h3-4,7,15H,1-2,5-6H2. The lowest BCUT2D eigenvalue weighted by Gasteiger charge is -2.24. The fourth-order valence-corrected chi connectivity index (χ4v) is 3.77. The molecule has 3 nitrogen and oxygen atoms in total. The Morgan fingerprint density at radius 1 is 1.21 bits per heavy atom. The molecule has 19 heavy (non-hydrogen) atoms. The van der Waals surface area contributed by atoms with Gasteiger partial charge in [0.1, 0.15) is 17.5 Å². The minimum absolute atomic E-state index is 0.115. The number of nitrogens with one attached hydrogen (secondary N) is 1. The molecule has 0 aliphatic carbocycles. The van der Waals surface area contributed by atoms with Crippen LogP contribution in [0.1, 0.15) is 6.42 Å². The van der Waals surface area contributed by atoms with E-state index in [4.69, 9.17) is 0 Å². The van der Waals surface area contributed by atoms with E-state index in [9.17, 15) is 21.6 Å². The van der Waals surface area contributed by atoms with Gasteiger partial charge in [-0.1, -0.05) is 0 Å². The van der Waals surface area contributed by atoms with E-state index < -0.39 is 32.4 Å². The normalized spacial score (nSPS) is 16.4. The quantitative estimate of drug-likeness (QED) is 0.906. The van der Waals surface area contributed by atoms with Crippen LogP contribution in [0.5, 0.6) is 0 Å². The van der Waals surface area contributed by atoms with Crippen LogP contribution in [-0.2, 0) is 10.0 Å². The van der Waals surface area contributed by atoms with Gasteiger partial charge in [0.15, 0.2) is 4.90 Å². The molecule has 2 rings (SSSR count). The summed E-state index contributed by atoms with van der Waals surface area (Å²) in [5.41, 5.74) is 0. The first-order valence-corrected chi connectivity index (χ1v) is 8.26. The number of thioether (sulfide) groups is 1. The largest absolute Gasteiger partial charge is 0.246 e. The van der Waals surface area contributed by atoms with Gasteiger partial charge in [-0.3, -0.25) is 0 Å². The average molecular weight is 311 g/mol. The van der Waals surface area contributed by atoms with Crippen LogP contribution in [0.15, 0.2) is 17.0 Å². The maximum Gasteiger partial charge on any atom is 0.246 e. The number of hydrogen-bond acceptors (Lipinski definition) is 3. The van der Waals surface area contributed by atoms with Crippen LogP contribution in [0.4, 0.5) is 13.2 Å². The van der Waals surface area contributed by atoms with E-state index >= 15 is 0 Å². The van der Waals surface area contributed by atoms with Gasteiger partial charge >= 0.3 is 0 Å². The minimum Gasteiger partial charge on any atom is -0.211 e. The van der Waals surface area contributed by atoms with Gasteiger partial charge in [0.05, 0.1) is 0 Å². The van der Waals surface area contributed by atoms with Crippen molar-refractivity contribution in [3.63, 3.8) is 0 Å². The van der Waals surface area contributed by atoms with Crippen LogP contribution >= 0.6 is 11.8 Å². The number of rotatable bonds is 5. The number of halogens is 3. The molecule has 8 heteroatoms. The van der Waals surface area contributed by atoms with Crippen LogP contribution in [-0.4, -0.2) is 26.5 Å². The van der Waals surface area contributed by atoms with E-state index in [0.29, 0.717) is 24.5 Å². The first kappa shape index (κ1) is 14.7. The molecule has 106 valence electrons. The van der Waals surface area contributed by atoms with Crippen LogP contribution in [0.2, 0.25) is 0 Å². The molecule has 1 heterocycles. The van der Waals surface area contributed by atoms with Gasteiger partial charge < -0.3 is 0 Å². The van der Waals surface area contributed by atoms with Crippen LogP contribution < -0.4 is 4.72 Å². The molecule has 1 N–H and O–H groups in total. The summed E-state index contributed by atoms with van der Waals surface area (Å²) in [5, 5.41) is 0. The lowest BCUT2D eigenvalue weighted by Crippen LogP contribution is -2.30. The SMILES string of the molecule is O=S(=O)(NCCC1CSC1)c1c(F)cc(F)cc1F. The van der Waals surface area contributed by atoms with E-state index in [1.807, 2.05) is 0 Å². The molecule has 0 atom stereocenters. The number of benzene rings is 1. The van der Waals surface area contributed by atoms with Gasteiger partial charge in [0, 0.05) is 18.7 Å². The maximum atomic E-state index is 13.4. The molecule has 0 amide bonds. The highest BCUT2D eigenvalue weighted by molar-refractivity contribution is 8.00. The second-order valence-corrected chi connectivity index (χ2v) is 7.07. The predicted octanol–water partition coefficient (Wildman–Crippen LogP) is 2.14. The van der Waals surface area contributed by atoms with Gasteiger partial charge in [-0.2, -0.15) is 11.8 Å². The summed E-state index contributed by atoms with van der Waals surface area (Å²) in [6.07, 6.45) is 0.622. The first-order chi connectivity index (χ1) is 8.90. The van der Waals surface area contributed by atoms with Crippen molar-refractivity contribution in [3.8, 4) is 0 Å². The summed E-state index contributed by atoms with van der Waals surface area (Å²) in [4.78, 5) is -1.13. The average Bonchev–Trinajstić information content (AvgIpc) is 2.19. The van der Waals surface area contributed by atoms with Gasteiger partial charge in [-0.25, -0.2) is 26.3 Å². The summed E-state index contributed by atoms with van der Waals surface area (Å²) in [6.45, 7) is 0.115. The molecule has 1 fully saturated rings. The van der Waals surface area contributed by atoms with Crippen LogP contribution in [0.3, 0.4) is 0 Å². The molecule has 1 aliphatic heterocycles. The zero-order valence-corrected chi connectivity index (χ0v) is 11.5. The van der Waals surface area contributed by atoms with E-state index in [0.717, 1.165) is 11.5 Å². The Bertz CT molecular complexity index is 550. The molecule has 1 aromatic rings. The summed E-state index contributed by atoms with van der Waals surface area (Å²) in [5.74, 6) is -1.62. The minimum atomic E-state index is -4.29. The Kier molecular flexibility index (Phi) is 4.42. The van der Waals surface area contributed by atoms with Gasteiger partial charge in [0.25, 0.3) is 0 Å². The molecule has 0 spiro atoms. The summed E-state index contributed by atoms with van der Waals surface area (Å²) in [7, 11) is -4.29. The molecule has 1 saturated heterocycles. The van der Waals surface area contributed by atoms with Crippen molar-refractivity contribution in [3.05, 3.63) is 29.6 Å². The highest BCUT2D eigenvalue weighted by Crippen LogP contribution is 2.27. The summed E-state index contributed by atoms with van der Waals surface area (Å²) >= 11 is 1.77. The van der Waals surface area contributed by atoms with Crippen LogP contribution in [0, 0.1) is 23.4 Å². The van der Waals surface area contributed by atoms with Gasteiger partial charge in [-0.15, -0.1) is 0 Å². The Balaban J connectivity index is 2.10. The third-order valence-corrected chi connectivity index (χ3v) is 5.71. The fraction of sp³-hybridized carbons (Fsp3) is 0.455. The Morgan fingerprint density at radius 2 is 1.79 bits per heavy atom. The third-order valence-electron chi connectivity index (χ3n) is 2.78. The molecule has 0 unspecified atom stereocenters. The van der Waals surface area contributed by atoms with Crippen molar-refractivity contribution >= 4 is 21.8 Å². The Hall–Kier alpha value is -0.730. The summed E-state index contributed by atoms with van der Waals surface area (Å²) in [6, 6.07) is 0.695. The van der Waals surface area contributed by atoms with Crippen molar-refractivity contribution in [1.29, 1.82) is 0 Å². The van der Waals surface area contributed by atoms with Crippen molar-refractivity contribution in [2.24, 2.45) is 5.92 Å². The van der Waals surface area contributed by atoms with E-state index in [2.05, 4.69) is 4.72 Å². The Labute approximate surface area is 113 Å². The van der Waals surface area contributed by atoms with Crippen molar-refractivity contribution in [1.82, 2.24) is 4.72 Å². The fourth-order valence-electron chi connectivity index (χ4n) is 1.71. The van der Waals surface area contributed by atoms with Crippen molar-refractivity contribution in [2.45, 2.75) is 11.3 Å². The zero-order valence-electron chi connectivity index (χ0n) is 9.83. The Morgan fingerprint density at radius 3 is 2.26 bits per heavy atom. The van der Waals surface area contributed by atoms with Gasteiger partial charge in [0.2, 0.25) is 10.0 Å². The highest BCUT2D eigenvalue weighted by atomic mass is 32.2. The number of hydrogen-bond donors (Lipinski definition) is 1. The monoisotopic (exact) mass is 311 g/mol. The molecule has 0 radical (unpaired) electrons. The molecule has 1 aliphatic rings. The molecular formula is C11H12F3NO2S2. The smallest absolute Gasteiger partial charge is 0.211 e. The van der Waals surface area contributed by atoms with Crippen molar-refractivity contribution in [2.75, 3.05) is 18.1 Å². The maximum absolute atomic E-state index is 13.4. The molecule has 1 aromatic carbocycles. The van der Waals surface area contributed by atoms with E-state index in [1.165, 1.54) is 0 Å². The van der Waals surface area contributed by atoms with Gasteiger partial charge in [-0.05, 0) is 23.8 Å². The molecule has 0 aromatic heterocycles. The first-order valence-electron chi connectivity index (χ1n) is 5.62. The number of sulfonamides is 1. The zero-order chi connectivity index (χ0) is 14.0. The lowest BCUT2D eigenvalue weighted by molar-refractivity contribution is 0.491. The second kappa shape index (κ2) is 5.72. The van der Waals surface area contributed by atoms with E-state index in [-0.39, 0.29) is 6.54 Å². The highest BCUT2D eigenvalue weighted by Gasteiger charge is 2.25. The molecule has 0 saturated carbocycles. The second-order valence-electron chi connectivity index (χ2n) is 4.29. The molecule has 0 bridgehead atoms. The van der Waals surface area contributed by atoms with Crippen LogP contribution in [0.25, 0.3) is 0 Å². The lowest BCUT2D eigenvalue weighted by atomic mass is 10.1. The topological polar surface area (TPSA) is 46.2 Å². The third kappa shape index (κ3) is 3.43. The van der Waals surface area contributed by atoms with Crippen molar-refractivity contribution < 1.29 is 21.6 Å². The summed E-state index contributed by atoms with van der Waals surface area (Å²) < 4.78 is 65.1. The predicted molar refractivity (Wildman–Crippen MR) is 66.9 cm³/mol.